The molecule has 1 aliphatic rings. The summed E-state index contributed by atoms with van der Waals surface area (Å²) in [6, 6.07) is 4.38. The third-order valence-electron chi connectivity index (χ3n) is 3.95. The maximum atomic E-state index is 12.3. The number of carbonyl (C=O) groups excluding carboxylic acids is 1. The van der Waals surface area contributed by atoms with Gasteiger partial charge >= 0.3 is 0 Å². The average Bonchev–Trinajstić information content (AvgIpc) is 2.89. The monoisotopic (exact) mass is 318 g/mol. The van der Waals surface area contributed by atoms with Crippen LogP contribution in [0.3, 0.4) is 0 Å². The van der Waals surface area contributed by atoms with Crippen LogP contribution in [-0.2, 0) is 10.5 Å². The van der Waals surface area contributed by atoms with Gasteiger partial charge < -0.3 is 14.6 Å². The third kappa shape index (κ3) is 3.44. The minimum atomic E-state index is 0.235. The molecule has 0 spiro atoms. The molecule has 1 atom stereocenters. The molecule has 5 nitrogen and oxygen atoms in total. The zero-order valence-electron chi connectivity index (χ0n) is 13.1. The van der Waals surface area contributed by atoms with Gasteiger partial charge in [-0.15, -0.1) is 11.8 Å². The van der Waals surface area contributed by atoms with E-state index >= 15 is 0 Å². The van der Waals surface area contributed by atoms with Gasteiger partial charge in [-0.25, -0.2) is 4.98 Å². The topological polar surface area (TPSA) is 49.6 Å². The predicted molar refractivity (Wildman–Crippen MR) is 90.1 cm³/mol. The average molecular weight is 318 g/mol. The van der Waals surface area contributed by atoms with Crippen LogP contribution in [0.15, 0.2) is 24.5 Å². The highest BCUT2D eigenvalue weighted by Crippen LogP contribution is 2.15. The summed E-state index contributed by atoms with van der Waals surface area (Å²) >= 11 is 1.64. The maximum Gasteiger partial charge on any atom is 0.232 e. The van der Waals surface area contributed by atoms with Crippen LogP contribution in [0.1, 0.15) is 18.2 Å². The molecule has 1 N–H and O–H groups in total. The van der Waals surface area contributed by atoms with Crippen molar-refractivity contribution in [3.8, 4) is 0 Å². The van der Waals surface area contributed by atoms with E-state index in [9.17, 15) is 4.79 Å². The van der Waals surface area contributed by atoms with Gasteiger partial charge in [0.2, 0.25) is 5.91 Å². The molecule has 2 aromatic rings. The summed E-state index contributed by atoms with van der Waals surface area (Å²) in [4.78, 5) is 18.8. The van der Waals surface area contributed by atoms with Crippen LogP contribution in [0, 0.1) is 6.92 Å². The second kappa shape index (κ2) is 6.71. The Kier molecular flexibility index (Phi) is 4.69. The molecule has 1 saturated heterocycles. The van der Waals surface area contributed by atoms with Gasteiger partial charge in [0, 0.05) is 43.8 Å². The first-order valence-corrected chi connectivity index (χ1v) is 8.81. The Morgan fingerprint density at radius 2 is 2.32 bits per heavy atom. The van der Waals surface area contributed by atoms with E-state index < -0.39 is 0 Å². The van der Waals surface area contributed by atoms with Gasteiger partial charge in [0.1, 0.15) is 5.65 Å². The highest BCUT2D eigenvalue weighted by atomic mass is 32.2. The second-order valence-corrected chi connectivity index (χ2v) is 6.82. The lowest BCUT2D eigenvalue weighted by atomic mass is 10.2. The van der Waals surface area contributed by atoms with Crippen molar-refractivity contribution < 1.29 is 4.79 Å². The molecular formula is C16H22N4OS. The van der Waals surface area contributed by atoms with Gasteiger partial charge in [0.25, 0.3) is 0 Å². The third-order valence-corrected chi connectivity index (χ3v) is 4.90. The van der Waals surface area contributed by atoms with Crippen molar-refractivity contribution in [2.75, 3.05) is 25.4 Å². The van der Waals surface area contributed by atoms with Gasteiger partial charge in [-0.3, -0.25) is 4.79 Å². The fourth-order valence-electron chi connectivity index (χ4n) is 2.76. The number of aryl methyl sites for hydroxylation is 1. The van der Waals surface area contributed by atoms with Crippen LogP contribution in [0.5, 0.6) is 0 Å². The molecule has 3 heterocycles. The highest BCUT2D eigenvalue weighted by molar-refractivity contribution is 7.99. The Labute approximate surface area is 135 Å². The number of piperazine rings is 1. The summed E-state index contributed by atoms with van der Waals surface area (Å²) in [6.45, 7) is 6.77. The molecule has 1 fully saturated rings. The van der Waals surface area contributed by atoms with E-state index in [1.165, 1.54) is 5.56 Å². The number of imidazole rings is 1. The van der Waals surface area contributed by atoms with Crippen molar-refractivity contribution in [1.29, 1.82) is 0 Å². The van der Waals surface area contributed by atoms with Crippen molar-refractivity contribution in [2.45, 2.75) is 25.6 Å². The Bertz CT molecular complexity index is 669. The summed E-state index contributed by atoms with van der Waals surface area (Å²) in [5.41, 5.74) is 3.20. The molecule has 1 amide bonds. The van der Waals surface area contributed by atoms with E-state index in [2.05, 4.69) is 36.4 Å². The Balaban J connectivity index is 1.54. The van der Waals surface area contributed by atoms with Crippen molar-refractivity contribution in [3.05, 3.63) is 35.8 Å². The fraction of sp³-hybridized carbons (Fsp3) is 0.500. The van der Waals surface area contributed by atoms with Crippen LogP contribution in [-0.4, -0.2) is 51.6 Å². The Morgan fingerprint density at radius 1 is 1.45 bits per heavy atom. The van der Waals surface area contributed by atoms with E-state index in [-0.39, 0.29) is 5.91 Å². The standard InChI is InChI=1S/C16H22N4OS/c1-12-3-4-15-18-14(9-19(15)8-12)10-22-11-16(21)20-6-5-17-7-13(20)2/h3-4,8-9,13,17H,5-7,10-11H2,1-2H3/t13-/m0/s1. The highest BCUT2D eigenvalue weighted by Gasteiger charge is 2.22. The fourth-order valence-corrected chi connectivity index (χ4v) is 3.55. The van der Waals surface area contributed by atoms with Crippen molar-refractivity contribution in [2.24, 2.45) is 0 Å². The number of carbonyl (C=O) groups is 1. The van der Waals surface area contributed by atoms with E-state index in [0.717, 1.165) is 36.7 Å². The zero-order chi connectivity index (χ0) is 15.5. The first-order valence-electron chi connectivity index (χ1n) is 7.65. The molecule has 2 aromatic heterocycles. The summed E-state index contributed by atoms with van der Waals surface area (Å²) in [5.74, 6) is 1.53. The lowest BCUT2D eigenvalue weighted by Crippen LogP contribution is -2.52. The number of pyridine rings is 1. The van der Waals surface area contributed by atoms with Gasteiger partial charge in [0.05, 0.1) is 11.4 Å². The van der Waals surface area contributed by atoms with E-state index in [4.69, 9.17) is 0 Å². The zero-order valence-corrected chi connectivity index (χ0v) is 13.9. The maximum absolute atomic E-state index is 12.3. The summed E-state index contributed by atoms with van der Waals surface area (Å²) in [7, 11) is 0. The van der Waals surface area contributed by atoms with E-state index in [1.54, 1.807) is 11.8 Å². The number of fused-ring (bicyclic) bond motifs is 1. The molecule has 0 unspecified atom stereocenters. The number of thioether (sulfide) groups is 1. The number of nitrogens with one attached hydrogen (secondary N) is 1. The van der Waals surface area contributed by atoms with Crippen molar-refractivity contribution in [1.82, 2.24) is 19.6 Å². The molecule has 0 aliphatic carbocycles. The molecule has 6 heteroatoms. The summed E-state index contributed by atoms with van der Waals surface area (Å²) < 4.78 is 2.05. The van der Waals surface area contributed by atoms with Crippen molar-refractivity contribution >= 4 is 23.3 Å². The normalized spacial score (nSPS) is 18.8. The van der Waals surface area contributed by atoms with Crippen LogP contribution >= 0.6 is 11.8 Å². The minimum Gasteiger partial charge on any atom is -0.337 e. The number of amides is 1. The lowest BCUT2D eigenvalue weighted by Gasteiger charge is -2.33. The second-order valence-electron chi connectivity index (χ2n) is 5.84. The molecule has 1 aliphatic heterocycles. The van der Waals surface area contributed by atoms with Crippen LogP contribution < -0.4 is 5.32 Å². The Hall–Kier alpha value is -1.53. The first kappa shape index (κ1) is 15.4. The molecule has 0 radical (unpaired) electrons. The molecular weight excluding hydrogens is 296 g/mol. The summed E-state index contributed by atoms with van der Waals surface area (Å²) in [6.07, 6.45) is 4.12. The largest absolute Gasteiger partial charge is 0.337 e. The number of rotatable bonds is 4. The minimum absolute atomic E-state index is 0.235. The molecule has 22 heavy (non-hydrogen) atoms. The number of aromatic nitrogens is 2. The quantitative estimate of drug-likeness (QED) is 0.932. The summed E-state index contributed by atoms with van der Waals surface area (Å²) in [5, 5.41) is 3.31. The van der Waals surface area contributed by atoms with E-state index in [0.29, 0.717) is 11.8 Å². The number of hydrogen-bond acceptors (Lipinski definition) is 4. The molecule has 118 valence electrons. The van der Waals surface area contributed by atoms with Gasteiger partial charge in [-0.2, -0.15) is 0 Å². The Morgan fingerprint density at radius 3 is 3.14 bits per heavy atom. The molecule has 0 saturated carbocycles. The molecule has 3 rings (SSSR count). The van der Waals surface area contributed by atoms with Crippen LogP contribution in [0.4, 0.5) is 0 Å². The first-order chi connectivity index (χ1) is 10.6. The van der Waals surface area contributed by atoms with Gasteiger partial charge in [-0.1, -0.05) is 6.07 Å². The van der Waals surface area contributed by atoms with Crippen molar-refractivity contribution in [3.63, 3.8) is 0 Å². The molecule has 0 bridgehead atoms. The van der Waals surface area contributed by atoms with Crippen LogP contribution in [0.2, 0.25) is 0 Å². The predicted octanol–water partition coefficient (Wildman–Crippen LogP) is 1.70. The smallest absolute Gasteiger partial charge is 0.232 e. The van der Waals surface area contributed by atoms with Crippen LogP contribution in [0.25, 0.3) is 5.65 Å². The van der Waals surface area contributed by atoms with E-state index in [1.807, 2.05) is 21.6 Å². The number of hydrogen-bond donors (Lipinski definition) is 1. The molecule has 0 aromatic carbocycles. The SMILES string of the molecule is Cc1ccc2nc(CSCC(=O)N3CCNC[C@@H]3C)cn2c1. The lowest BCUT2D eigenvalue weighted by molar-refractivity contribution is -0.131. The van der Waals surface area contributed by atoms with Gasteiger partial charge in [0.15, 0.2) is 0 Å². The van der Waals surface area contributed by atoms with Gasteiger partial charge in [-0.05, 0) is 25.5 Å². The number of nitrogens with zero attached hydrogens (tertiary/aromatic N) is 3.